The SMILES string of the molecule is C=CCN1C(=O)S/C(=C/c2cc(Cl)c(OCc3ccc(Cl)cc3Cl)c(Br)c2)C1=O. The first-order valence-electron chi connectivity index (χ1n) is 8.22. The van der Waals surface area contributed by atoms with E-state index in [0.717, 1.165) is 22.2 Å². The molecule has 2 amide bonds. The summed E-state index contributed by atoms with van der Waals surface area (Å²) in [6.45, 7) is 3.93. The van der Waals surface area contributed by atoms with Crippen LogP contribution in [0.2, 0.25) is 15.1 Å². The molecule has 2 aromatic rings. The molecule has 4 nitrogen and oxygen atoms in total. The molecule has 0 unspecified atom stereocenters. The number of hydrogen-bond donors (Lipinski definition) is 0. The van der Waals surface area contributed by atoms with E-state index in [2.05, 4.69) is 22.5 Å². The fraction of sp³-hybridized carbons (Fsp3) is 0.100. The summed E-state index contributed by atoms with van der Waals surface area (Å²) < 4.78 is 6.42. The van der Waals surface area contributed by atoms with Gasteiger partial charge in [-0.15, -0.1) is 6.58 Å². The highest BCUT2D eigenvalue weighted by Crippen LogP contribution is 2.38. The Morgan fingerprint density at radius 3 is 2.55 bits per heavy atom. The first-order chi connectivity index (χ1) is 13.8. The number of amides is 2. The van der Waals surface area contributed by atoms with Crippen molar-refractivity contribution in [2.75, 3.05) is 6.54 Å². The van der Waals surface area contributed by atoms with Crippen LogP contribution in [0, 0.1) is 0 Å². The van der Waals surface area contributed by atoms with Crippen molar-refractivity contribution in [3.05, 3.63) is 78.6 Å². The molecule has 1 fully saturated rings. The van der Waals surface area contributed by atoms with Crippen molar-refractivity contribution in [1.82, 2.24) is 4.90 Å². The average molecular weight is 534 g/mol. The second-order valence-corrected chi connectivity index (χ2v) is 9.02. The van der Waals surface area contributed by atoms with E-state index in [9.17, 15) is 9.59 Å². The van der Waals surface area contributed by atoms with Gasteiger partial charge in [-0.1, -0.05) is 46.9 Å². The first kappa shape index (κ1) is 22.2. The minimum absolute atomic E-state index is 0.173. The van der Waals surface area contributed by atoms with Crippen LogP contribution in [0.1, 0.15) is 11.1 Å². The van der Waals surface area contributed by atoms with E-state index in [1.807, 2.05) is 0 Å². The van der Waals surface area contributed by atoms with E-state index < -0.39 is 0 Å². The third-order valence-electron chi connectivity index (χ3n) is 3.89. The van der Waals surface area contributed by atoms with Crippen molar-refractivity contribution in [1.29, 1.82) is 0 Å². The van der Waals surface area contributed by atoms with Gasteiger partial charge in [0.25, 0.3) is 11.1 Å². The molecule has 0 bridgehead atoms. The maximum absolute atomic E-state index is 12.3. The van der Waals surface area contributed by atoms with E-state index in [1.165, 1.54) is 6.08 Å². The zero-order valence-corrected chi connectivity index (χ0v) is 19.4. The average Bonchev–Trinajstić information content (AvgIpc) is 2.90. The Morgan fingerprint density at radius 1 is 1.14 bits per heavy atom. The Bertz CT molecular complexity index is 1020. The van der Waals surface area contributed by atoms with Gasteiger partial charge in [0.05, 0.1) is 14.4 Å². The zero-order valence-electron chi connectivity index (χ0n) is 14.8. The number of ether oxygens (including phenoxy) is 1. The van der Waals surface area contributed by atoms with Gasteiger partial charge in [-0.05, 0) is 63.6 Å². The molecule has 0 aromatic heterocycles. The predicted molar refractivity (Wildman–Crippen MR) is 123 cm³/mol. The molecule has 0 N–H and O–H groups in total. The van der Waals surface area contributed by atoms with Crippen LogP contribution in [0.15, 0.2) is 52.4 Å². The van der Waals surface area contributed by atoms with Gasteiger partial charge in [0.1, 0.15) is 6.61 Å². The molecule has 0 radical (unpaired) electrons. The summed E-state index contributed by atoms with van der Waals surface area (Å²) in [7, 11) is 0. The summed E-state index contributed by atoms with van der Waals surface area (Å²) in [5, 5.41) is 1.06. The highest BCUT2D eigenvalue weighted by Gasteiger charge is 2.34. The van der Waals surface area contributed by atoms with Gasteiger partial charge in [-0.2, -0.15) is 0 Å². The lowest BCUT2D eigenvalue weighted by atomic mass is 10.2. The van der Waals surface area contributed by atoms with Gasteiger partial charge in [0, 0.05) is 22.2 Å². The largest absolute Gasteiger partial charge is 0.486 e. The third-order valence-corrected chi connectivity index (χ3v) is 6.25. The second kappa shape index (κ2) is 9.58. The lowest BCUT2D eigenvalue weighted by Crippen LogP contribution is -2.27. The Labute approximate surface area is 195 Å². The van der Waals surface area contributed by atoms with E-state index >= 15 is 0 Å². The van der Waals surface area contributed by atoms with Crippen molar-refractivity contribution < 1.29 is 14.3 Å². The minimum atomic E-state index is -0.357. The number of carbonyl (C=O) groups is 2. The molecule has 0 spiro atoms. The molecule has 29 heavy (non-hydrogen) atoms. The van der Waals surface area contributed by atoms with Crippen molar-refractivity contribution in [2.45, 2.75) is 6.61 Å². The molecule has 3 rings (SSSR count). The third kappa shape index (κ3) is 5.19. The highest BCUT2D eigenvalue weighted by molar-refractivity contribution is 9.10. The van der Waals surface area contributed by atoms with E-state index in [-0.39, 0.29) is 24.3 Å². The Balaban J connectivity index is 1.80. The summed E-state index contributed by atoms with van der Waals surface area (Å²) in [6.07, 6.45) is 3.12. The summed E-state index contributed by atoms with van der Waals surface area (Å²) in [5.41, 5.74) is 1.42. The van der Waals surface area contributed by atoms with Crippen LogP contribution in [0.4, 0.5) is 4.79 Å². The van der Waals surface area contributed by atoms with Crippen LogP contribution in [-0.4, -0.2) is 22.6 Å². The molecule has 2 aromatic carbocycles. The number of nitrogens with zero attached hydrogens (tertiary/aromatic N) is 1. The molecule has 0 aliphatic carbocycles. The molecule has 1 aliphatic heterocycles. The topological polar surface area (TPSA) is 46.6 Å². The maximum atomic E-state index is 12.3. The van der Waals surface area contributed by atoms with Gasteiger partial charge in [0.15, 0.2) is 5.75 Å². The van der Waals surface area contributed by atoms with Crippen LogP contribution in [0.5, 0.6) is 5.75 Å². The zero-order chi connectivity index (χ0) is 21.1. The first-order valence-corrected chi connectivity index (χ1v) is 11.0. The van der Waals surface area contributed by atoms with Crippen LogP contribution in [-0.2, 0) is 11.4 Å². The van der Waals surface area contributed by atoms with Crippen LogP contribution >= 0.6 is 62.5 Å². The molecule has 0 saturated carbocycles. The van der Waals surface area contributed by atoms with E-state index in [0.29, 0.717) is 35.8 Å². The lowest BCUT2D eigenvalue weighted by Gasteiger charge is -2.12. The Kier molecular flexibility index (Phi) is 7.35. The van der Waals surface area contributed by atoms with Crippen molar-refractivity contribution in [3.63, 3.8) is 0 Å². The van der Waals surface area contributed by atoms with Gasteiger partial charge in [0.2, 0.25) is 0 Å². The van der Waals surface area contributed by atoms with Crippen LogP contribution in [0.3, 0.4) is 0 Å². The normalized spacial score (nSPS) is 15.3. The fourth-order valence-corrected chi connectivity index (χ4v) is 4.83. The molecule has 0 atom stereocenters. The van der Waals surface area contributed by atoms with Crippen molar-refractivity contribution in [2.24, 2.45) is 0 Å². The monoisotopic (exact) mass is 531 g/mol. The number of halogens is 4. The highest BCUT2D eigenvalue weighted by atomic mass is 79.9. The summed E-state index contributed by atoms with van der Waals surface area (Å²) >= 11 is 22.8. The summed E-state index contributed by atoms with van der Waals surface area (Å²) in [4.78, 5) is 25.7. The van der Waals surface area contributed by atoms with Gasteiger partial charge in [-0.25, -0.2) is 0 Å². The van der Waals surface area contributed by atoms with Gasteiger partial charge in [-0.3, -0.25) is 14.5 Å². The summed E-state index contributed by atoms with van der Waals surface area (Å²) in [5.74, 6) is 0.0828. The number of imide groups is 1. The number of carbonyl (C=O) groups excluding carboxylic acids is 2. The van der Waals surface area contributed by atoms with E-state index in [1.54, 1.807) is 36.4 Å². The second-order valence-electron chi connectivity index (χ2n) is 5.92. The minimum Gasteiger partial charge on any atom is -0.486 e. The molecular formula is C20H13BrCl3NO3S. The molecule has 1 saturated heterocycles. The standard InChI is InChI=1S/C20H13BrCl3NO3S/c1-2-5-25-19(26)17(29-20(25)27)8-11-6-14(21)18(16(24)7-11)28-10-12-3-4-13(22)9-15(12)23/h2-4,6-9H,1,5,10H2/b17-8+. The quantitative estimate of drug-likeness (QED) is 0.291. The van der Waals surface area contributed by atoms with E-state index in [4.69, 9.17) is 39.5 Å². The Hall–Kier alpha value is -1.44. The number of rotatable bonds is 6. The number of hydrogen-bond acceptors (Lipinski definition) is 4. The fourth-order valence-electron chi connectivity index (χ4n) is 2.53. The van der Waals surface area contributed by atoms with Crippen molar-refractivity contribution >= 4 is 79.7 Å². The lowest BCUT2D eigenvalue weighted by molar-refractivity contribution is -0.122. The van der Waals surface area contributed by atoms with Crippen LogP contribution < -0.4 is 4.74 Å². The molecule has 1 heterocycles. The molecule has 9 heteroatoms. The summed E-state index contributed by atoms with van der Waals surface area (Å²) in [6, 6.07) is 8.56. The smallest absolute Gasteiger partial charge is 0.293 e. The number of thioether (sulfide) groups is 1. The maximum Gasteiger partial charge on any atom is 0.293 e. The predicted octanol–water partition coefficient (Wildman–Crippen LogP) is 7.21. The van der Waals surface area contributed by atoms with Crippen molar-refractivity contribution in [3.8, 4) is 5.75 Å². The number of benzene rings is 2. The van der Waals surface area contributed by atoms with Crippen LogP contribution in [0.25, 0.3) is 6.08 Å². The molecular weight excluding hydrogens is 521 g/mol. The van der Waals surface area contributed by atoms with Gasteiger partial charge >= 0.3 is 0 Å². The molecule has 1 aliphatic rings. The molecule has 150 valence electrons. The Morgan fingerprint density at radius 2 is 1.90 bits per heavy atom. The van der Waals surface area contributed by atoms with Gasteiger partial charge < -0.3 is 4.74 Å².